The molecule has 0 spiro atoms. The second kappa shape index (κ2) is 12.8. The van der Waals surface area contributed by atoms with Crippen molar-refractivity contribution < 1.29 is 41.9 Å². The number of aryl methyl sites for hydroxylation is 1. The number of rotatable bonds is 9. The lowest BCUT2D eigenvalue weighted by atomic mass is 10.2. The predicted molar refractivity (Wildman–Crippen MR) is 115 cm³/mol. The molecule has 34 heavy (non-hydrogen) atoms. The Labute approximate surface area is 194 Å². The van der Waals surface area contributed by atoms with Crippen LogP contribution in [0.5, 0.6) is 11.5 Å². The Morgan fingerprint density at radius 2 is 1.88 bits per heavy atom. The monoisotopic (exact) mass is 487 g/mol. The molecule has 2 N–H and O–H groups in total. The van der Waals surface area contributed by atoms with Crippen molar-refractivity contribution in [2.24, 2.45) is 0 Å². The lowest BCUT2D eigenvalue weighted by Gasteiger charge is -2.16. The Balaban J connectivity index is 0.000000509. The highest BCUT2D eigenvalue weighted by Gasteiger charge is 2.38. The van der Waals surface area contributed by atoms with E-state index < -0.39 is 12.1 Å². The minimum absolute atomic E-state index is 0.198. The molecule has 1 amide bonds. The molecule has 0 aliphatic carbocycles. The Kier molecular flexibility index (Phi) is 10.2. The summed E-state index contributed by atoms with van der Waals surface area (Å²) in [6, 6.07) is 7.04. The molecule has 3 rings (SSSR count). The van der Waals surface area contributed by atoms with Gasteiger partial charge in [0.2, 0.25) is 0 Å². The molecule has 1 fully saturated rings. The van der Waals surface area contributed by atoms with Gasteiger partial charge in [0.15, 0.2) is 17.3 Å². The fraction of sp³-hybridized carbons (Fsp3) is 0.500. The third-order valence-corrected chi connectivity index (χ3v) is 4.93. The molecule has 0 radical (unpaired) electrons. The van der Waals surface area contributed by atoms with Gasteiger partial charge in [-0.15, -0.1) is 0 Å². The summed E-state index contributed by atoms with van der Waals surface area (Å²) in [5, 5.41) is 13.9. The number of amides is 1. The largest absolute Gasteiger partial charge is 0.493 e. The van der Waals surface area contributed by atoms with Gasteiger partial charge in [0.05, 0.1) is 19.3 Å². The van der Waals surface area contributed by atoms with Gasteiger partial charge < -0.3 is 24.4 Å². The van der Waals surface area contributed by atoms with Gasteiger partial charge >= 0.3 is 12.1 Å². The van der Waals surface area contributed by atoms with Crippen LogP contribution in [0.1, 0.15) is 41.6 Å². The van der Waals surface area contributed by atoms with Gasteiger partial charge in [0.1, 0.15) is 6.61 Å². The maximum Gasteiger partial charge on any atom is 0.490 e. The van der Waals surface area contributed by atoms with Crippen molar-refractivity contribution in [1.82, 2.24) is 15.4 Å². The summed E-state index contributed by atoms with van der Waals surface area (Å²) in [5.41, 5.74) is 1.39. The Morgan fingerprint density at radius 1 is 1.21 bits per heavy atom. The van der Waals surface area contributed by atoms with E-state index in [1.807, 2.05) is 13.0 Å². The van der Waals surface area contributed by atoms with E-state index in [1.165, 1.54) is 12.8 Å². The Hall–Kier alpha value is -3.28. The first kappa shape index (κ1) is 27.0. The zero-order valence-corrected chi connectivity index (χ0v) is 19.0. The van der Waals surface area contributed by atoms with Crippen LogP contribution in [0, 0.1) is 0 Å². The molecule has 2 aromatic rings. The number of carboxylic acid groups (broad SMARTS) is 1. The second-order valence-electron chi connectivity index (χ2n) is 7.39. The SMILES string of the molecule is CCc1cc(CNC(=O)c2ccc(OC)c(OCCN3CCCC3)c2)on1.O=C(O)C(F)(F)F. The molecule has 2 heterocycles. The van der Waals surface area contributed by atoms with Gasteiger partial charge in [-0.05, 0) is 50.6 Å². The van der Waals surface area contributed by atoms with Crippen molar-refractivity contribution in [3.05, 3.63) is 41.3 Å². The van der Waals surface area contributed by atoms with Crippen LogP contribution in [0.25, 0.3) is 0 Å². The number of nitrogens with one attached hydrogen (secondary N) is 1. The number of methoxy groups -OCH3 is 1. The minimum Gasteiger partial charge on any atom is -0.493 e. The highest BCUT2D eigenvalue weighted by atomic mass is 19.4. The maximum atomic E-state index is 12.5. The first-order chi connectivity index (χ1) is 16.1. The van der Waals surface area contributed by atoms with E-state index in [4.69, 9.17) is 23.9 Å². The molecule has 0 unspecified atom stereocenters. The zero-order chi connectivity index (χ0) is 25.1. The number of carbonyl (C=O) groups excluding carboxylic acids is 1. The van der Waals surface area contributed by atoms with Gasteiger partial charge in [-0.1, -0.05) is 12.1 Å². The predicted octanol–water partition coefficient (Wildman–Crippen LogP) is 3.28. The molecule has 0 bridgehead atoms. The standard InChI is InChI=1S/C20H27N3O4.C2HF3O2/c1-3-16-13-17(27-22-16)14-21-20(24)15-6-7-18(25-2)19(12-15)26-11-10-23-8-4-5-9-23;3-2(4,5)1(6)7/h6-7,12-13H,3-5,8-11,14H2,1-2H3,(H,21,24);(H,6,7). The summed E-state index contributed by atoms with van der Waals surface area (Å²) in [7, 11) is 1.59. The van der Waals surface area contributed by atoms with Gasteiger partial charge in [-0.2, -0.15) is 13.2 Å². The number of hydrogen-bond donors (Lipinski definition) is 2. The fourth-order valence-corrected chi connectivity index (χ4v) is 3.10. The molecule has 12 heteroatoms. The Bertz CT molecular complexity index is 942. The molecule has 0 saturated carbocycles. The van der Waals surface area contributed by atoms with E-state index in [9.17, 15) is 18.0 Å². The van der Waals surface area contributed by atoms with Crippen LogP contribution in [0.3, 0.4) is 0 Å². The second-order valence-corrected chi connectivity index (χ2v) is 7.39. The smallest absolute Gasteiger partial charge is 0.490 e. The van der Waals surface area contributed by atoms with Crippen molar-refractivity contribution >= 4 is 11.9 Å². The van der Waals surface area contributed by atoms with Crippen LogP contribution >= 0.6 is 0 Å². The third kappa shape index (κ3) is 8.58. The first-order valence-electron chi connectivity index (χ1n) is 10.7. The summed E-state index contributed by atoms with van der Waals surface area (Å²) in [6.07, 6.45) is -1.78. The summed E-state index contributed by atoms with van der Waals surface area (Å²) in [4.78, 5) is 23.7. The molecular formula is C22H28F3N3O6. The number of benzene rings is 1. The molecular weight excluding hydrogens is 459 g/mol. The number of aromatic nitrogens is 1. The number of carboxylic acids is 1. The summed E-state index contributed by atoms with van der Waals surface area (Å²) in [5.74, 6) is -1.12. The fourth-order valence-electron chi connectivity index (χ4n) is 3.10. The first-order valence-corrected chi connectivity index (χ1v) is 10.7. The van der Waals surface area contributed by atoms with Crippen molar-refractivity contribution in [3.8, 4) is 11.5 Å². The molecule has 1 aliphatic rings. The van der Waals surface area contributed by atoms with E-state index in [-0.39, 0.29) is 5.91 Å². The van der Waals surface area contributed by atoms with Crippen LogP contribution in [0.2, 0.25) is 0 Å². The zero-order valence-electron chi connectivity index (χ0n) is 19.0. The number of halogens is 3. The van der Waals surface area contributed by atoms with Crippen LogP contribution in [-0.4, -0.2) is 66.6 Å². The van der Waals surface area contributed by atoms with E-state index in [1.54, 1.807) is 25.3 Å². The van der Waals surface area contributed by atoms with Gasteiger partial charge in [0, 0.05) is 18.2 Å². The van der Waals surface area contributed by atoms with Crippen molar-refractivity contribution in [2.75, 3.05) is 33.4 Å². The molecule has 1 aliphatic heterocycles. The molecule has 9 nitrogen and oxygen atoms in total. The average molecular weight is 487 g/mol. The normalized spacial score (nSPS) is 13.7. The van der Waals surface area contributed by atoms with Crippen LogP contribution in [0.15, 0.2) is 28.8 Å². The van der Waals surface area contributed by atoms with E-state index in [0.717, 1.165) is 31.7 Å². The summed E-state index contributed by atoms with van der Waals surface area (Å²) >= 11 is 0. The molecule has 1 saturated heterocycles. The number of ether oxygens (including phenoxy) is 2. The van der Waals surface area contributed by atoms with E-state index in [2.05, 4.69) is 15.4 Å². The number of carbonyl (C=O) groups is 2. The molecule has 0 atom stereocenters. The van der Waals surface area contributed by atoms with Crippen LogP contribution in [-0.2, 0) is 17.8 Å². The summed E-state index contributed by atoms with van der Waals surface area (Å²) in [6.45, 7) is 6.00. The van der Waals surface area contributed by atoms with Gasteiger partial charge in [-0.25, -0.2) is 4.79 Å². The number of hydrogen-bond acceptors (Lipinski definition) is 7. The molecule has 1 aromatic carbocycles. The van der Waals surface area contributed by atoms with Gasteiger partial charge in [-0.3, -0.25) is 9.69 Å². The number of alkyl halides is 3. The summed E-state index contributed by atoms with van der Waals surface area (Å²) < 4.78 is 48.2. The van der Waals surface area contributed by atoms with Crippen molar-refractivity contribution in [1.29, 1.82) is 0 Å². The Morgan fingerprint density at radius 3 is 2.44 bits per heavy atom. The maximum absolute atomic E-state index is 12.5. The highest BCUT2D eigenvalue weighted by molar-refractivity contribution is 5.94. The lowest BCUT2D eigenvalue weighted by Crippen LogP contribution is -2.25. The van der Waals surface area contributed by atoms with E-state index >= 15 is 0 Å². The molecule has 1 aromatic heterocycles. The lowest BCUT2D eigenvalue weighted by molar-refractivity contribution is -0.192. The topological polar surface area (TPSA) is 114 Å². The highest BCUT2D eigenvalue weighted by Crippen LogP contribution is 2.28. The quantitative estimate of drug-likeness (QED) is 0.554. The average Bonchev–Trinajstić information content (AvgIpc) is 3.49. The number of nitrogens with zero attached hydrogens (tertiary/aromatic N) is 2. The molecule has 188 valence electrons. The number of likely N-dealkylation sites (tertiary alicyclic amines) is 1. The van der Waals surface area contributed by atoms with Crippen molar-refractivity contribution in [2.45, 2.75) is 38.9 Å². The van der Waals surface area contributed by atoms with Crippen LogP contribution in [0.4, 0.5) is 13.2 Å². The van der Waals surface area contributed by atoms with E-state index in [0.29, 0.717) is 36.0 Å². The van der Waals surface area contributed by atoms with Crippen LogP contribution < -0.4 is 14.8 Å². The van der Waals surface area contributed by atoms with Crippen molar-refractivity contribution in [3.63, 3.8) is 0 Å². The minimum atomic E-state index is -5.08. The number of aliphatic carboxylic acids is 1. The third-order valence-electron chi connectivity index (χ3n) is 4.93. The van der Waals surface area contributed by atoms with Gasteiger partial charge in [0.25, 0.3) is 5.91 Å².